The molecule has 2 saturated heterocycles. The van der Waals surface area contributed by atoms with Crippen molar-refractivity contribution < 1.29 is 31.1 Å². The molecule has 3 aromatic rings. The van der Waals surface area contributed by atoms with Crippen LogP contribution in [0.4, 0.5) is 24.7 Å². The largest absolute Gasteiger partial charge is 0.497 e. The van der Waals surface area contributed by atoms with Gasteiger partial charge >= 0.3 is 0 Å². The maximum Gasteiger partial charge on any atom is 0.271 e. The van der Waals surface area contributed by atoms with E-state index in [2.05, 4.69) is 16.8 Å². The highest BCUT2D eigenvalue weighted by Crippen LogP contribution is 2.41. The van der Waals surface area contributed by atoms with Gasteiger partial charge in [0.05, 0.1) is 26.5 Å². The van der Waals surface area contributed by atoms with E-state index in [1.807, 2.05) is 0 Å². The Morgan fingerprint density at radius 3 is 2.44 bits per heavy atom. The zero-order valence-electron chi connectivity index (χ0n) is 24.2. The van der Waals surface area contributed by atoms with Crippen LogP contribution in [0.15, 0.2) is 47.4 Å². The maximum absolute atomic E-state index is 16.0. The molecule has 0 bridgehead atoms. The lowest BCUT2D eigenvalue weighted by atomic mass is 9.95. The molecule has 2 aliphatic heterocycles. The summed E-state index contributed by atoms with van der Waals surface area (Å²) < 4.78 is 85.4. The van der Waals surface area contributed by atoms with Crippen molar-refractivity contribution in [1.29, 1.82) is 0 Å². The number of aromatic nitrogens is 1. The minimum Gasteiger partial charge on any atom is -0.497 e. The van der Waals surface area contributed by atoms with Crippen molar-refractivity contribution in [1.82, 2.24) is 9.88 Å². The molecule has 232 valence electrons. The molecule has 8 nitrogen and oxygen atoms in total. The minimum absolute atomic E-state index is 0.0867. The van der Waals surface area contributed by atoms with Crippen LogP contribution in [0.25, 0.3) is 0 Å². The van der Waals surface area contributed by atoms with Crippen LogP contribution < -0.4 is 18.7 Å². The number of piperidine rings is 1. The Morgan fingerprint density at radius 1 is 1.02 bits per heavy atom. The van der Waals surface area contributed by atoms with Crippen molar-refractivity contribution in [3.05, 3.63) is 70.6 Å². The summed E-state index contributed by atoms with van der Waals surface area (Å²) in [6.07, 6.45) is 4.16. The molecule has 2 fully saturated rings. The normalized spacial score (nSPS) is 19.5. The Hall–Kier alpha value is -3.22. The van der Waals surface area contributed by atoms with Gasteiger partial charge in [-0.2, -0.15) is 4.39 Å². The number of pyridine rings is 1. The highest BCUT2D eigenvalue weighted by molar-refractivity contribution is 7.92. The van der Waals surface area contributed by atoms with Gasteiger partial charge in [0.15, 0.2) is 10.7 Å². The molecule has 5 rings (SSSR count). The van der Waals surface area contributed by atoms with Crippen LogP contribution in [-0.4, -0.2) is 64.2 Å². The van der Waals surface area contributed by atoms with E-state index >= 15 is 8.78 Å². The van der Waals surface area contributed by atoms with Gasteiger partial charge in [0.1, 0.15) is 28.2 Å². The number of hydrogen-bond donors (Lipinski definition) is 0. The van der Waals surface area contributed by atoms with E-state index in [0.717, 1.165) is 44.5 Å². The average Bonchev–Trinajstić information content (AvgIpc) is 3.40. The van der Waals surface area contributed by atoms with Crippen LogP contribution in [0.5, 0.6) is 11.5 Å². The number of hydrogen-bond acceptors (Lipinski definition) is 7. The molecule has 0 radical (unpaired) electrons. The molecule has 1 aromatic heterocycles. The Bertz CT molecular complexity index is 1610. The summed E-state index contributed by atoms with van der Waals surface area (Å²) in [6.45, 7) is 4.57. The second kappa shape index (κ2) is 12.4. The molecule has 1 unspecified atom stereocenters. The highest BCUT2D eigenvalue weighted by Gasteiger charge is 2.42. The van der Waals surface area contributed by atoms with Crippen molar-refractivity contribution in [2.75, 3.05) is 49.6 Å². The summed E-state index contributed by atoms with van der Waals surface area (Å²) >= 11 is 6.46. The smallest absolute Gasteiger partial charge is 0.271 e. The van der Waals surface area contributed by atoms with Crippen LogP contribution in [0, 0.1) is 17.6 Å². The van der Waals surface area contributed by atoms with Crippen LogP contribution in [0.1, 0.15) is 38.2 Å². The summed E-state index contributed by atoms with van der Waals surface area (Å²) in [7, 11) is -2.18. The SMILES string of the molecule is COc1ccc(CN(c2cccc(F)n2)S(=O)(=O)c2c(F)cc(N3CCC(C)(N4CCCCC4)C3)c(Cl)c2F)c(OC)c1. The van der Waals surface area contributed by atoms with Crippen LogP contribution in [0.2, 0.25) is 5.02 Å². The first-order valence-electron chi connectivity index (χ1n) is 14.0. The predicted molar refractivity (Wildman–Crippen MR) is 159 cm³/mol. The number of anilines is 2. The van der Waals surface area contributed by atoms with Crippen molar-refractivity contribution in [3.8, 4) is 11.5 Å². The van der Waals surface area contributed by atoms with Crippen molar-refractivity contribution in [2.45, 2.75) is 49.6 Å². The number of benzene rings is 2. The predicted octanol–water partition coefficient (Wildman–Crippen LogP) is 6.02. The first-order chi connectivity index (χ1) is 20.5. The molecule has 0 amide bonds. The third-order valence-electron chi connectivity index (χ3n) is 8.32. The lowest BCUT2D eigenvalue weighted by Crippen LogP contribution is -2.50. The Kier molecular flexibility index (Phi) is 9.01. The van der Waals surface area contributed by atoms with Crippen LogP contribution in [-0.2, 0) is 16.6 Å². The fourth-order valence-corrected chi connectivity index (χ4v) is 7.78. The monoisotopic (exact) mass is 638 g/mol. The van der Waals surface area contributed by atoms with Gasteiger partial charge < -0.3 is 14.4 Å². The molecule has 0 spiro atoms. The molecule has 0 N–H and O–H groups in total. The van der Waals surface area contributed by atoms with Gasteiger partial charge in [-0.1, -0.05) is 24.1 Å². The van der Waals surface area contributed by atoms with Crippen molar-refractivity contribution in [3.63, 3.8) is 0 Å². The second-order valence-corrected chi connectivity index (χ2v) is 13.2. The van der Waals surface area contributed by atoms with Gasteiger partial charge in [-0.25, -0.2) is 26.5 Å². The number of likely N-dealkylation sites (tertiary alicyclic amines) is 1. The molecule has 43 heavy (non-hydrogen) atoms. The third kappa shape index (κ3) is 6.09. The Morgan fingerprint density at radius 2 is 1.77 bits per heavy atom. The van der Waals surface area contributed by atoms with Crippen LogP contribution in [0.3, 0.4) is 0 Å². The standard InChI is InChI=1S/C30H34ClF3N4O4S/c1-30(37-13-5-4-6-14-37)12-15-36(19-30)23-17-22(32)29(28(34)27(23)31)43(39,40)38(26-9-7-8-25(33)35-26)18-20-10-11-21(41-2)16-24(20)42-3/h7-11,16-17H,4-6,12-15,18-19H2,1-3H3. The first-order valence-corrected chi connectivity index (χ1v) is 15.8. The fraction of sp³-hybridized carbons (Fsp3) is 0.433. The number of rotatable bonds is 9. The van der Waals surface area contributed by atoms with Gasteiger partial charge in [-0.3, -0.25) is 4.90 Å². The molecule has 2 aliphatic rings. The Labute approximate surface area is 255 Å². The van der Waals surface area contributed by atoms with E-state index in [0.29, 0.717) is 28.7 Å². The molecule has 13 heteroatoms. The average molecular weight is 639 g/mol. The van der Waals surface area contributed by atoms with Crippen molar-refractivity contribution >= 4 is 33.1 Å². The van der Waals surface area contributed by atoms with E-state index in [1.165, 1.54) is 44.9 Å². The van der Waals surface area contributed by atoms with Crippen molar-refractivity contribution in [2.24, 2.45) is 0 Å². The zero-order valence-corrected chi connectivity index (χ0v) is 25.8. The molecular formula is C30H34ClF3N4O4S. The van der Waals surface area contributed by atoms with Gasteiger partial charge in [-0.15, -0.1) is 0 Å². The second-order valence-electron chi connectivity index (χ2n) is 11.1. The molecule has 0 saturated carbocycles. The van der Waals surface area contributed by atoms with E-state index in [4.69, 9.17) is 21.1 Å². The van der Waals surface area contributed by atoms with Crippen LogP contribution >= 0.6 is 11.6 Å². The summed E-state index contributed by atoms with van der Waals surface area (Å²) in [5.74, 6) is -3.40. The summed E-state index contributed by atoms with van der Waals surface area (Å²) in [5, 5.41) is -0.503. The topological polar surface area (TPSA) is 75.2 Å². The first kappa shape index (κ1) is 31.2. The van der Waals surface area contributed by atoms with E-state index in [-0.39, 0.29) is 22.8 Å². The lowest BCUT2D eigenvalue weighted by Gasteiger charge is -2.41. The Balaban J connectivity index is 1.54. The molecule has 0 aliphatic carbocycles. The van der Waals surface area contributed by atoms with E-state index in [1.54, 1.807) is 11.0 Å². The summed E-state index contributed by atoms with van der Waals surface area (Å²) in [6, 6.07) is 9.11. The fourth-order valence-electron chi connectivity index (χ4n) is 5.95. The minimum atomic E-state index is -5.02. The van der Waals surface area contributed by atoms with Gasteiger partial charge in [0, 0.05) is 36.3 Å². The molecule has 1 atom stereocenters. The molecule has 3 heterocycles. The number of methoxy groups -OCH3 is 2. The lowest BCUT2D eigenvalue weighted by molar-refractivity contribution is 0.0978. The number of ether oxygens (including phenoxy) is 2. The third-order valence-corrected chi connectivity index (χ3v) is 10.5. The van der Waals surface area contributed by atoms with Gasteiger partial charge in [-0.05, 0) is 63.5 Å². The van der Waals surface area contributed by atoms with E-state index in [9.17, 15) is 12.8 Å². The van der Waals surface area contributed by atoms with E-state index < -0.39 is 44.1 Å². The van der Waals surface area contributed by atoms with Gasteiger partial charge in [0.2, 0.25) is 5.95 Å². The zero-order chi connectivity index (χ0) is 30.9. The molecular weight excluding hydrogens is 605 g/mol. The summed E-state index contributed by atoms with van der Waals surface area (Å²) in [4.78, 5) is 6.65. The quantitative estimate of drug-likeness (QED) is 0.210. The number of nitrogens with zero attached hydrogens (tertiary/aromatic N) is 4. The highest BCUT2D eigenvalue weighted by atomic mass is 35.5. The summed E-state index contributed by atoms with van der Waals surface area (Å²) in [5.41, 5.74) is 0.206. The molecule has 2 aromatic carbocycles. The number of sulfonamides is 1. The number of halogens is 4. The van der Waals surface area contributed by atoms with Gasteiger partial charge in [0.25, 0.3) is 10.0 Å². The maximum atomic E-state index is 16.0.